The number of aliphatic imine (C=N–C) groups is 1. The fraction of sp³-hybridized carbons (Fsp3) is 0.250. The lowest BCUT2D eigenvalue weighted by atomic mass is 10.2. The van der Waals surface area contributed by atoms with Gasteiger partial charge in [0.15, 0.2) is 11.8 Å². The Balaban J connectivity index is 2.56. The van der Waals surface area contributed by atoms with E-state index in [1.54, 1.807) is 18.1 Å². The van der Waals surface area contributed by atoms with E-state index in [1.165, 1.54) is 0 Å². The molecule has 0 amide bonds. The monoisotopic (exact) mass is 177 g/mol. The van der Waals surface area contributed by atoms with Crippen molar-refractivity contribution in [3.8, 4) is 0 Å². The van der Waals surface area contributed by atoms with E-state index in [1.807, 2.05) is 12.1 Å². The van der Waals surface area contributed by atoms with Crippen LogP contribution in [0.4, 0.5) is 5.82 Å². The number of pyridine rings is 1. The minimum atomic E-state index is -0.249. The van der Waals surface area contributed by atoms with E-state index in [0.29, 0.717) is 11.8 Å². The highest BCUT2D eigenvalue weighted by Crippen LogP contribution is 2.27. The number of nitrogens with zero attached hydrogens (tertiary/aromatic N) is 3. The molecular formula is C8H11N5. The van der Waals surface area contributed by atoms with Gasteiger partial charge in [-0.1, -0.05) is 6.07 Å². The molecule has 0 radical (unpaired) electrons. The Morgan fingerprint density at radius 3 is 3.08 bits per heavy atom. The molecule has 0 fully saturated rings. The summed E-state index contributed by atoms with van der Waals surface area (Å²) < 4.78 is 0. The third kappa shape index (κ3) is 1.13. The molecule has 0 aromatic carbocycles. The van der Waals surface area contributed by atoms with Gasteiger partial charge in [-0.25, -0.2) is 4.98 Å². The zero-order chi connectivity index (χ0) is 9.42. The van der Waals surface area contributed by atoms with E-state index in [4.69, 9.17) is 11.5 Å². The summed E-state index contributed by atoms with van der Waals surface area (Å²) in [4.78, 5) is 9.90. The molecule has 1 unspecified atom stereocenters. The molecule has 2 rings (SSSR count). The lowest BCUT2D eigenvalue weighted by molar-refractivity contribution is 0.374. The highest BCUT2D eigenvalue weighted by atomic mass is 15.3. The molecule has 4 N–H and O–H groups in total. The predicted octanol–water partition coefficient (Wildman–Crippen LogP) is -0.0695. The Hall–Kier alpha value is -1.62. The van der Waals surface area contributed by atoms with E-state index >= 15 is 0 Å². The van der Waals surface area contributed by atoms with Crippen molar-refractivity contribution in [1.82, 2.24) is 9.88 Å². The zero-order valence-corrected chi connectivity index (χ0v) is 7.31. The van der Waals surface area contributed by atoms with Crippen LogP contribution in [0.5, 0.6) is 0 Å². The van der Waals surface area contributed by atoms with Crippen LogP contribution in [-0.2, 0) is 0 Å². The summed E-state index contributed by atoms with van der Waals surface area (Å²) in [6.45, 7) is 0. The summed E-state index contributed by atoms with van der Waals surface area (Å²) in [6, 6.07) is 3.74. The summed E-state index contributed by atoms with van der Waals surface area (Å²) in [5, 5.41) is 0. The molecule has 1 atom stereocenters. The molecular weight excluding hydrogens is 166 g/mol. The van der Waals surface area contributed by atoms with Gasteiger partial charge in [-0.05, 0) is 6.07 Å². The molecule has 68 valence electrons. The standard InChI is InChI=1S/C8H11N5/c1-13-6(9)5-3-2-4-11-7(5)12-8(13)10/h2-4,6H,9H2,1H3,(H2,10,11,12). The normalized spacial score (nSPS) is 20.9. The molecule has 1 aromatic heterocycles. The Kier molecular flexibility index (Phi) is 1.66. The van der Waals surface area contributed by atoms with Crippen molar-refractivity contribution in [3.63, 3.8) is 0 Å². The van der Waals surface area contributed by atoms with Crippen LogP contribution in [0.25, 0.3) is 0 Å². The molecule has 0 bridgehead atoms. The van der Waals surface area contributed by atoms with Crippen LogP contribution in [0.2, 0.25) is 0 Å². The molecule has 5 heteroatoms. The van der Waals surface area contributed by atoms with Crippen molar-refractivity contribution in [3.05, 3.63) is 23.9 Å². The average Bonchev–Trinajstić information content (AvgIpc) is 2.15. The van der Waals surface area contributed by atoms with E-state index < -0.39 is 0 Å². The van der Waals surface area contributed by atoms with Gasteiger partial charge in [0.2, 0.25) is 0 Å². The van der Waals surface area contributed by atoms with Crippen molar-refractivity contribution in [2.75, 3.05) is 7.05 Å². The Bertz CT molecular complexity index is 359. The summed E-state index contributed by atoms with van der Waals surface area (Å²) in [7, 11) is 1.80. The van der Waals surface area contributed by atoms with E-state index in [0.717, 1.165) is 5.56 Å². The SMILES string of the molecule is CN1C(N)=Nc2ncccc2C1N. The van der Waals surface area contributed by atoms with Crippen LogP contribution in [-0.4, -0.2) is 22.9 Å². The van der Waals surface area contributed by atoms with E-state index in [9.17, 15) is 0 Å². The number of guanidine groups is 1. The van der Waals surface area contributed by atoms with Gasteiger partial charge in [-0.3, -0.25) is 0 Å². The van der Waals surface area contributed by atoms with Crippen LogP contribution in [0.15, 0.2) is 23.3 Å². The van der Waals surface area contributed by atoms with Crippen LogP contribution >= 0.6 is 0 Å². The number of nitrogens with two attached hydrogens (primary N) is 2. The number of aromatic nitrogens is 1. The van der Waals surface area contributed by atoms with Crippen LogP contribution < -0.4 is 11.5 Å². The molecule has 0 saturated heterocycles. The number of rotatable bonds is 0. The molecule has 2 heterocycles. The van der Waals surface area contributed by atoms with Gasteiger partial charge in [0, 0.05) is 18.8 Å². The van der Waals surface area contributed by atoms with Gasteiger partial charge in [0.05, 0.1) is 0 Å². The van der Waals surface area contributed by atoms with Crippen molar-refractivity contribution < 1.29 is 0 Å². The first-order valence-corrected chi connectivity index (χ1v) is 3.97. The summed E-state index contributed by atoms with van der Waals surface area (Å²) in [6.07, 6.45) is 1.43. The number of hydrogen-bond donors (Lipinski definition) is 2. The Morgan fingerprint density at radius 2 is 2.31 bits per heavy atom. The van der Waals surface area contributed by atoms with Gasteiger partial charge in [-0.2, -0.15) is 4.99 Å². The van der Waals surface area contributed by atoms with Gasteiger partial charge < -0.3 is 16.4 Å². The van der Waals surface area contributed by atoms with E-state index in [2.05, 4.69) is 9.98 Å². The summed E-state index contributed by atoms with van der Waals surface area (Å²) in [5.74, 6) is 1.02. The number of fused-ring (bicyclic) bond motifs is 1. The van der Waals surface area contributed by atoms with Crippen molar-refractivity contribution in [1.29, 1.82) is 0 Å². The van der Waals surface area contributed by atoms with Gasteiger partial charge >= 0.3 is 0 Å². The zero-order valence-electron chi connectivity index (χ0n) is 7.31. The molecule has 0 aliphatic carbocycles. The molecule has 13 heavy (non-hydrogen) atoms. The van der Waals surface area contributed by atoms with Gasteiger partial charge in [0.25, 0.3) is 0 Å². The maximum atomic E-state index is 5.91. The fourth-order valence-corrected chi connectivity index (χ4v) is 1.27. The second kappa shape index (κ2) is 2.70. The highest BCUT2D eigenvalue weighted by Gasteiger charge is 2.22. The smallest absolute Gasteiger partial charge is 0.199 e. The lowest BCUT2D eigenvalue weighted by Crippen LogP contribution is -2.42. The Labute approximate surface area is 76.1 Å². The Morgan fingerprint density at radius 1 is 1.54 bits per heavy atom. The first-order valence-electron chi connectivity index (χ1n) is 3.97. The van der Waals surface area contributed by atoms with Gasteiger partial charge in [-0.15, -0.1) is 0 Å². The predicted molar refractivity (Wildman–Crippen MR) is 50.2 cm³/mol. The lowest BCUT2D eigenvalue weighted by Gasteiger charge is -2.29. The van der Waals surface area contributed by atoms with Crippen molar-refractivity contribution in [2.45, 2.75) is 6.17 Å². The van der Waals surface area contributed by atoms with E-state index in [-0.39, 0.29) is 6.17 Å². The third-order valence-electron chi connectivity index (χ3n) is 2.13. The molecule has 5 nitrogen and oxygen atoms in total. The quantitative estimate of drug-likeness (QED) is 0.581. The van der Waals surface area contributed by atoms with Crippen LogP contribution in [0.3, 0.4) is 0 Å². The minimum Gasteiger partial charge on any atom is -0.369 e. The van der Waals surface area contributed by atoms with Crippen LogP contribution in [0, 0.1) is 0 Å². The third-order valence-corrected chi connectivity index (χ3v) is 2.13. The van der Waals surface area contributed by atoms with Gasteiger partial charge in [0.1, 0.15) is 6.17 Å². The van der Waals surface area contributed by atoms with Crippen LogP contribution in [0.1, 0.15) is 11.7 Å². The largest absolute Gasteiger partial charge is 0.369 e. The summed E-state index contributed by atoms with van der Waals surface area (Å²) in [5.41, 5.74) is 12.4. The summed E-state index contributed by atoms with van der Waals surface area (Å²) >= 11 is 0. The van der Waals surface area contributed by atoms with Crippen molar-refractivity contribution >= 4 is 11.8 Å². The fourth-order valence-electron chi connectivity index (χ4n) is 1.27. The molecule has 0 spiro atoms. The first-order chi connectivity index (χ1) is 6.20. The average molecular weight is 177 g/mol. The highest BCUT2D eigenvalue weighted by molar-refractivity contribution is 5.83. The second-order valence-electron chi connectivity index (χ2n) is 2.94. The molecule has 1 aliphatic heterocycles. The first kappa shape index (κ1) is 8.00. The van der Waals surface area contributed by atoms with Crippen molar-refractivity contribution in [2.24, 2.45) is 16.5 Å². The maximum Gasteiger partial charge on any atom is 0.199 e. The second-order valence-corrected chi connectivity index (χ2v) is 2.94. The molecule has 1 aromatic rings. The topological polar surface area (TPSA) is 80.5 Å². The molecule has 1 aliphatic rings. The number of hydrogen-bond acceptors (Lipinski definition) is 5. The minimum absolute atomic E-state index is 0.249. The molecule has 0 saturated carbocycles. The maximum absolute atomic E-state index is 5.91.